The van der Waals surface area contributed by atoms with E-state index >= 15 is 0 Å². The Balaban J connectivity index is 1.18. The van der Waals surface area contributed by atoms with Crippen LogP contribution in [0.2, 0.25) is 0 Å². The molecule has 14 heteroatoms. The molecule has 14 nitrogen and oxygen atoms in total. The van der Waals surface area contributed by atoms with E-state index in [4.69, 9.17) is 18.9 Å². The van der Waals surface area contributed by atoms with Gasteiger partial charge in [0.25, 0.3) is 0 Å². The largest absolute Gasteiger partial charge is 0.394 e. The van der Waals surface area contributed by atoms with Crippen molar-refractivity contribution in [3.05, 3.63) is 11.6 Å². The van der Waals surface area contributed by atoms with Crippen molar-refractivity contribution in [3.63, 3.8) is 0 Å². The average molecular weight is 799 g/mol. The fraction of sp³-hybridized carbons (Fsp3) is 0.952. The molecule has 0 bridgehead atoms. The van der Waals surface area contributed by atoms with Gasteiger partial charge in [0.15, 0.2) is 12.6 Å². The second-order valence-corrected chi connectivity index (χ2v) is 20.1. The van der Waals surface area contributed by atoms with E-state index in [0.717, 1.165) is 44.1 Å². The summed E-state index contributed by atoms with van der Waals surface area (Å²) >= 11 is 0. The number of aliphatic hydroxyl groups is 10. The third kappa shape index (κ3) is 6.34. The zero-order valence-electron chi connectivity index (χ0n) is 34.0. The Morgan fingerprint density at radius 1 is 0.732 bits per heavy atom. The van der Waals surface area contributed by atoms with Crippen LogP contribution in [0, 0.1) is 50.7 Å². The number of hydrogen-bond acceptors (Lipinski definition) is 14. The van der Waals surface area contributed by atoms with E-state index in [0.29, 0.717) is 25.2 Å². The van der Waals surface area contributed by atoms with Gasteiger partial charge in [-0.3, -0.25) is 0 Å². The van der Waals surface area contributed by atoms with Crippen LogP contribution in [0.15, 0.2) is 11.6 Å². The van der Waals surface area contributed by atoms with E-state index in [1.54, 1.807) is 0 Å². The van der Waals surface area contributed by atoms with Crippen molar-refractivity contribution in [1.29, 1.82) is 0 Å². The molecule has 0 unspecified atom stereocenters. The summed E-state index contributed by atoms with van der Waals surface area (Å²) in [5, 5.41) is 107. The average Bonchev–Trinajstić information content (AvgIpc) is 3.77. The highest BCUT2D eigenvalue weighted by Crippen LogP contribution is 2.89. The lowest BCUT2D eigenvalue weighted by molar-refractivity contribution is -0.340. The van der Waals surface area contributed by atoms with Crippen LogP contribution >= 0.6 is 0 Å². The van der Waals surface area contributed by atoms with E-state index in [2.05, 4.69) is 33.8 Å². The van der Waals surface area contributed by atoms with Crippen molar-refractivity contribution < 1.29 is 70.0 Å². The summed E-state index contributed by atoms with van der Waals surface area (Å²) in [6.45, 7) is 11.8. The predicted octanol–water partition coefficient (Wildman–Crippen LogP) is 0.731. The molecule has 0 radical (unpaired) electrons. The zero-order valence-corrected chi connectivity index (χ0v) is 34.0. The smallest absolute Gasteiger partial charge is 0.186 e. The first-order valence-electron chi connectivity index (χ1n) is 21.1. The maximum atomic E-state index is 11.9. The van der Waals surface area contributed by atoms with Crippen LogP contribution in [0.25, 0.3) is 0 Å². The third-order valence-electron chi connectivity index (χ3n) is 17.4. The van der Waals surface area contributed by atoms with E-state index in [1.807, 2.05) is 13.8 Å². The van der Waals surface area contributed by atoms with Crippen molar-refractivity contribution in [2.45, 2.75) is 179 Å². The number of ether oxygens (including phenoxy) is 4. The molecule has 0 aromatic rings. The van der Waals surface area contributed by atoms with Crippen molar-refractivity contribution >= 4 is 0 Å². The first-order valence-corrected chi connectivity index (χ1v) is 21.1. The molecule has 0 aromatic carbocycles. The number of fused-ring (bicyclic) bond motifs is 2. The fourth-order valence-corrected chi connectivity index (χ4v) is 14.2. The Labute approximate surface area is 330 Å². The molecule has 7 rings (SSSR count). The maximum Gasteiger partial charge on any atom is 0.186 e. The van der Waals surface area contributed by atoms with E-state index in [-0.39, 0.29) is 46.0 Å². The summed E-state index contributed by atoms with van der Waals surface area (Å²) in [4.78, 5) is 0. The minimum atomic E-state index is -1.61. The topological polar surface area (TPSA) is 239 Å². The van der Waals surface area contributed by atoms with Crippen molar-refractivity contribution in [3.8, 4) is 0 Å². The zero-order chi connectivity index (χ0) is 40.9. The van der Waals surface area contributed by atoms with Crippen molar-refractivity contribution in [2.24, 2.45) is 50.7 Å². The Hall–Kier alpha value is -0.820. The van der Waals surface area contributed by atoms with Gasteiger partial charge in [-0.15, -0.1) is 0 Å². The molecule has 7 aliphatic rings. The van der Waals surface area contributed by atoms with Gasteiger partial charge in [0, 0.05) is 5.41 Å². The van der Waals surface area contributed by atoms with Gasteiger partial charge in [-0.2, -0.15) is 0 Å². The van der Waals surface area contributed by atoms with E-state index in [1.165, 1.54) is 0 Å². The Morgan fingerprint density at radius 3 is 1.91 bits per heavy atom. The molecule has 2 aliphatic heterocycles. The highest BCUT2D eigenvalue weighted by atomic mass is 16.7. The van der Waals surface area contributed by atoms with Gasteiger partial charge in [0.1, 0.15) is 48.8 Å². The highest BCUT2D eigenvalue weighted by Gasteiger charge is 2.83. The standard InChI is InChI=1S/C42H70O14/c1-20(2)7-8-22(45)21(3)29-23(46)15-40(6)27-10-9-26-38(4,19-53-36-34(51)32(49)30(47)24(16-43)54-36)28(56-37-35(52)33(50)31(48)25(17-44)55-37)11-12-41(26)18-42(27,41)14-13-39(29,40)5/h7,21-37,43-52H,8-19H2,1-6H3/t21-,22+,23+,24-,25-,26-,27+,28+,29+,30-,31+,32+,33+,34-,35-,36-,37+,38+,39-,40+,41-,42+/m1/s1. The lowest BCUT2D eigenvalue weighted by Gasteiger charge is -2.64. The first kappa shape index (κ1) is 43.3. The molecule has 2 heterocycles. The number of rotatable bonds is 11. The second kappa shape index (κ2) is 15.3. The SMILES string of the molecule is CC(C)=CC[C@H](O)[C@@H](C)[C@H]1[C@@H](O)C[C@@]2(C)[C@@H]3CC[C@@H]4[C@](C)(CO[C@@H]5O[C@H](CO)[C@@H](O)[C@H](O)[C@H]5O)[C@@H](O[C@@H]5O[C@H](CO)[C@H](O)[C@H](O)[C@H]5O)CC[C@@]45C[C@@]35CC[C@]12C. The van der Waals surface area contributed by atoms with E-state index < -0.39 is 98.4 Å². The number of aliphatic hydroxyl groups excluding tert-OH is 10. The van der Waals surface area contributed by atoms with Gasteiger partial charge in [0.05, 0.1) is 38.1 Å². The molecular formula is C42H70O14. The summed E-state index contributed by atoms with van der Waals surface area (Å²) in [6, 6.07) is 0. The van der Waals surface area contributed by atoms with Crippen LogP contribution in [-0.4, -0.2) is 151 Å². The second-order valence-electron chi connectivity index (χ2n) is 20.1. The number of hydrogen-bond donors (Lipinski definition) is 10. The Kier molecular flexibility index (Phi) is 11.8. The fourth-order valence-electron chi connectivity index (χ4n) is 14.2. The summed E-state index contributed by atoms with van der Waals surface area (Å²) in [6.07, 6.45) is -6.88. The molecule has 5 saturated carbocycles. The predicted molar refractivity (Wildman–Crippen MR) is 200 cm³/mol. The van der Waals surface area contributed by atoms with Gasteiger partial charge in [-0.05, 0) is 117 Å². The highest BCUT2D eigenvalue weighted by molar-refractivity contribution is 5.31. The van der Waals surface area contributed by atoms with Crippen LogP contribution in [-0.2, 0) is 18.9 Å². The summed E-state index contributed by atoms with van der Waals surface area (Å²) in [5.74, 6) is 0.242. The molecule has 7 fully saturated rings. The maximum absolute atomic E-state index is 11.9. The molecule has 22 atom stereocenters. The molecule has 2 saturated heterocycles. The van der Waals surface area contributed by atoms with Crippen LogP contribution in [0.1, 0.15) is 99.3 Å². The molecule has 0 aromatic heterocycles. The lowest BCUT2D eigenvalue weighted by atomic mass is 9.41. The molecule has 5 aliphatic carbocycles. The van der Waals surface area contributed by atoms with Crippen LogP contribution in [0.4, 0.5) is 0 Å². The quantitative estimate of drug-likeness (QED) is 0.103. The van der Waals surface area contributed by atoms with Crippen LogP contribution < -0.4 is 0 Å². The summed E-state index contributed by atoms with van der Waals surface area (Å²) in [7, 11) is 0. The molecule has 56 heavy (non-hydrogen) atoms. The van der Waals surface area contributed by atoms with Crippen molar-refractivity contribution in [2.75, 3.05) is 19.8 Å². The minimum absolute atomic E-state index is 0.00120. The van der Waals surface area contributed by atoms with Gasteiger partial charge in [-0.25, -0.2) is 0 Å². The molecule has 322 valence electrons. The molecule has 2 spiro atoms. The number of allylic oxidation sites excluding steroid dienone is 1. The lowest BCUT2D eigenvalue weighted by Crippen LogP contribution is -2.63. The molecule has 0 amide bonds. The normalized spacial score (nSPS) is 54.9. The van der Waals surface area contributed by atoms with Gasteiger partial charge in [-0.1, -0.05) is 39.3 Å². The van der Waals surface area contributed by atoms with Crippen LogP contribution in [0.5, 0.6) is 0 Å². The monoisotopic (exact) mass is 798 g/mol. The summed E-state index contributed by atoms with van der Waals surface area (Å²) < 4.78 is 24.5. The van der Waals surface area contributed by atoms with Crippen LogP contribution in [0.3, 0.4) is 0 Å². The van der Waals surface area contributed by atoms with Gasteiger partial charge in [0.2, 0.25) is 0 Å². The minimum Gasteiger partial charge on any atom is -0.394 e. The van der Waals surface area contributed by atoms with E-state index in [9.17, 15) is 51.1 Å². The van der Waals surface area contributed by atoms with Gasteiger partial charge < -0.3 is 70.0 Å². The first-order chi connectivity index (χ1) is 26.3. The Morgan fingerprint density at radius 2 is 1.30 bits per heavy atom. The Bertz CT molecular complexity index is 1440. The summed E-state index contributed by atoms with van der Waals surface area (Å²) in [5.41, 5.74) is -0.0759. The van der Waals surface area contributed by atoms with Crippen molar-refractivity contribution in [1.82, 2.24) is 0 Å². The third-order valence-corrected chi connectivity index (χ3v) is 17.4. The van der Waals surface area contributed by atoms with Gasteiger partial charge >= 0.3 is 0 Å². The molecule has 10 N–H and O–H groups in total. The molecular weight excluding hydrogens is 728 g/mol.